The molecule has 0 saturated heterocycles. The Hall–Kier alpha value is -0.130. The minimum Gasteiger partial charge on any atom is -0.376 e. The Morgan fingerprint density at radius 1 is 1.53 bits per heavy atom. The molecule has 1 rings (SSSR count). The molecule has 0 aliphatic carbocycles. The third-order valence-electron chi connectivity index (χ3n) is 2.23. The highest BCUT2D eigenvalue weighted by Gasteiger charge is 2.22. The van der Waals surface area contributed by atoms with Crippen molar-refractivity contribution >= 4 is 22.9 Å². The van der Waals surface area contributed by atoms with Crippen molar-refractivity contribution in [2.24, 2.45) is 5.84 Å². The van der Waals surface area contributed by atoms with Gasteiger partial charge in [-0.05, 0) is 25.5 Å². The van der Waals surface area contributed by atoms with Crippen molar-refractivity contribution in [3.05, 3.63) is 21.3 Å². The van der Waals surface area contributed by atoms with E-state index in [1.807, 2.05) is 19.1 Å². The zero-order valence-corrected chi connectivity index (χ0v) is 10.6. The molecule has 5 heteroatoms. The summed E-state index contributed by atoms with van der Waals surface area (Å²) in [6, 6.07) is 3.89. The van der Waals surface area contributed by atoms with Gasteiger partial charge in [-0.15, -0.1) is 11.3 Å². The maximum Gasteiger partial charge on any atom is 0.0931 e. The van der Waals surface area contributed by atoms with Crippen molar-refractivity contribution in [2.45, 2.75) is 32.4 Å². The van der Waals surface area contributed by atoms with E-state index < -0.39 is 0 Å². The van der Waals surface area contributed by atoms with Gasteiger partial charge >= 0.3 is 0 Å². The van der Waals surface area contributed by atoms with E-state index in [1.165, 1.54) is 11.3 Å². The van der Waals surface area contributed by atoms with E-state index in [4.69, 9.17) is 22.2 Å². The maximum atomic E-state index is 5.90. The molecular formula is C10H17ClN2OS. The largest absolute Gasteiger partial charge is 0.376 e. The van der Waals surface area contributed by atoms with E-state index in [9.17, 15) is 0 Å². The monoisotopic (exact) mass is 248 g/mol. The van der Waals surface area contributed by atoms with Gasteiger partial charge in [0.05, 0.1) is 16.5 Å². The highest BCUT2D eigenvalue weighted by Crippen LogP contribution is 2.30. The summed E-state index contributed by atoms with van der Waals surface area (Å²) in [6.45, 7) is 4.76. The molecular weight excluding hydrogens is 232 g/mol. The SMILES string of the molecule is CCOC(CC)C(NN)c1ccc(Cl)s1. The predicted molar refractivity (Wildman–Crippen MR) is 65.1 cm³/mol. The van der Waals surface area contributed by atoms with E-state index in [2.05, 4.69) is 12.3 Å². The first-order valence-electron chi connectivity index (χ1n) is 5.05. The van der Waals surface area contributed by atoms with Crippen LogP contribution in [0.5, 0.6) is 0 Å². The summed E-state index contributed by atoms with van der Waals surface area (Å²) in [5.74, 6) is 5.55. The van der Waals surface area contributed by atoms with Crippen molar-refractivity contribution in [1.82, 2.24) is 5.43 Å². The second-order valence-corrected chi connectivity index (χ2v) is 4.93. The Bertz CT molecular complexity index is 293. The van der Waals surface area contributed by atoms with Crippen LogP contribution in [0.4, 0.5) is 0 Å². The summed E-state index contributed by atoms with van der Waals surface area (Å²) in [5, 5.41) is 0. The van der Waals surface area contributed by atoms with Gasteiger partial charge in [-0.3, -0.25) is 5.84 Å². The number of ether oxygens (including phenoxy) is 1. The lowest BCUT2D eigenvalue weighted by Gasteiger charge is -2.24. The van der Waals surface area contributed by atoms with Gasteiger partial charge in [0.15, 0.2) is 0 Å². The van der Waals surface area contributed by atoms with Gasteiger partial charge in [-0.25, -0.2) is 5.43 Å². The second kappa shape index (κ2) is 6.45. The van der Waals surface area contributed by atoms with Crippen LogP contribution in [0.2, 0.25) is 4.34 Å². The molecule has 86 valence electrons. The summed E-state index contributed by atoms with van der Waals surface area (Å²) in [4.78, 5) is 1.11. The molecule has 3 N–H and O–H groups in total. The fraction of sp³-hybridized carbons (Fsp3) is 0.600. The first-order valence-corrected chi connectivity index (χ1v) is 6.25. The van der Waals surface area contributed by atoms with Gasteiger partial charge in [0, 0.05) is 11.5 Å². The molecule has 0 bridgehead atoms. The number of thiophene rings is 1. The van der Waals surface area contributed by atoms with E-state index in [1.54, 1.807) is 0 Å². The highest BCUT2D eigenvalue weighted by molar-refractivity contribution is 7.16. The highest BCUT2D eigenvalue weighted by atomic mass is 35.5. The zero-order chi connectivity index (χ0) is 11.3. The standard InChI is InChI=1S/C10H17ClN2OS/c1-3-7(14-4-2)10(13-12)8-5-6-9(11)15-8/h5-7,10,13H,3-4,12H2,1-2H3. The molecule has 0 spiro atoms. The summed E-state index contributed by atoms with van der Waals surface area (Å²) in [7, 11) is 0. The van der Waals surface area contributed by atoms with Gasteiger partial charge in [-0.2, -0.15) is 0 Å². The van der Waals surface area contributed by atoms with Gasteiger partial charge in [0.25, 0.3) is 0 Å². The fourth-order valence-corrected chi connectivity index (χ4v) is 2.71. The van der Waals surface area contributed by atoms with Crippen LogP contribution in [0.25, 0.3) is 0 Å². The van der Waals surface area contributed by atoms with Gasteiger partial charge in [0.2, 0.25) is 0 Å². The Balaban J connectivity index is 2.76. The number of hydrogen-bond acceptors (Lipinski definition) is 4. The van der Waals surface area contributed by atoms with E-state index >= 15 is 0 Å². The first kappa shape index (κ1) is 12.9. The van der Waals surface area contributed by atoms with Crippen LogP contribution in [0.15, 0.2) is 12.1 Å². The van der Waals surface area contributed by atoms with Gasteiger partial charge in [0.1, 0.15) is 0 Å². The normalized spacial score (nSPS) is 15.2. The molecule has 1 heterocycles. The van der Waals surface area contributed by atoms with E-state index in [-0.39, 0.29) is 12.1 Å². The van der Waals surface area contributed by atoms with Crippen molar-refractivity contribution in [1.29, 1.82) is 0 Å². The molecule has 0 aromatic carbocycles. The maximum absolute atomic E-state index is 5.90. The van der Waals surface area contributed by atoms with Gasteiger partial charge in [-0.1, -0.05) is 18.5 Å². The van der Waals surface area contributed by atoms with Crippen LogP contribution in [0, 0.1) is 0 Å². The van der Waals surface area contributed by atoms with Crippen LogP contribution in [-0.2, 0) is 4.74 Å². The third kappa shape index (κ3) is 3.43. The molecule has 0 radical (unpaired) electrons. The predicted octanol–water partition coefficient (Wildman–Crippen LogP) is 2.72. The Kier molecular flexibility index (Phi) is 5.56. The third-order valence-corrected chi connectivity index (χ3v) is 3.55. The summed E-state index contributed by atoms with van der Waals surface area (Å²) in [6.07, 6.45) is 1.01. The number of nitrogens with two attached hydrogens (primary N) is 1. The zero-order valence-electron chi connectivity index (χ0n) is 9.00. The minimum absolute atomic E-state index is 0.0208. The van der Waals surface area contributed by atoms with Crippen molar-refractivity contribution in [3.8, 4) is 0 Å². The van der Waals surface area contributed by atoms with E-state index in [0.29, 0.717) is 6.61 Å². The molecule has 1 aromatic heterocycles. The Labute approximate surface area is 99.5 Å². The molecule has 0 fully saturated rings. The van der Waals surface area contributed by atoms with E-state index in [0.717, 1.165) is 15.6 Å². The number of hydrazine groups is 1. The number of nitrogens with one attached hydrogen (secondary N) is 1. The molecule has 0 aliphatic heterocycles. The van der Waals surface area contributed by atoms with Crippen molar-refractivity contribution < 1.29 is 4.74 Å². The molecule has 0 saturated carbocycles. The summed E-state index contributed by atoms with van der Waals surface area (Å²) < 4.78 is 6.40. The van der Waals surface area contributed by atoms with Gasteiger partial charge < -0.3 is 4.74 Å². The average Bonchev–Trinajstić information content (AvgIpc) is 2.64. The number of halogens is 1. The lowest BCUT2D eigenvalue weighted by molar-refractivity contribution is 0.0323. The van der Waals surface area contributed by atoms with Crippen LogP contribution < -0.4 is 11.3 Å². The summed E-state index contributed by atoms with van der Waals surface area (Å²) >= 11 is 7.43. The molecule has 1 aromatic rings. The minimum atomic E-state index is 0.0208. The smallest absolute Gasteiger partial charge is 0.0931 e. The summed E-state index contributed by atoms with van der Waals surface area (Å²) in [5.41, 5.74) is 2.79. The van der Waals surface area contributed by atoms with Crippen molar-refractivity contribution in [3.63, 3.8) is 0 Å². The first-order chi connectivity index (χ1) is 7.22. The molecule has 3 nitrogen and oxygen atoms in total. The fourth-order valence-electron chi connectivity index (χ4n) is 1.53. The van der Waals surface area contributed by atoms with Crippen LogP contribution in [0.3, 0.4) is 0 Å². The molecule has 0 aliphatic rings. The average molecular weight is 249 g/mol. The lowest BCUT2D eigenvalue weighted by Crippen LogP contribution is -2.37. The van der Waals surface area contributed by atoms with Crippen molar-refractivity contribution in [2.75, 3.05) is 6.61 Å². The molecule has 2 unspecified atom stereocenters. The molecule has 2 atom stereocenters. The van der Waals surface area contributed by atoms with Crippen LogP contribution in [0.1, 0.15) is 31.2 Å². The molecule has 15 heavy (non-hydrogen) atoms. The lowest BCUT2D eigenvalue weighted by atomic mass is 10.1. The Morgan fingerprint density at radius 3 is 2.67 bits per heavy atom. The number of hydrogen-bond donors (Lipinski definition) is 2. The Morgan fingerprint density at radius 2 is 2.27 bits per heavy atom. The number of rotatable bonds is 6. The van der Waals surface area contributed by atoms with Crippen LogP contribution in [-0.4, -0.2) is 12.7 Å². The van der Waals surface area contributed by atoms with Crippen LogP contribution >= 0.6 is 22.9 Å². The second-order valence-electron chi connectivity index (χ2n) is 3.19. The quantitative estimate of drug-likeness (QED) is 0.601. The molecule has 0 amide bonds. The topological polar surface area (TPSA) is 47.3 Å².